The van der Waals surface area contributed by atoms with Crippen molar-refractivity contribution in [3.05, 3.63) is 89.2 Å². The van der Waals surface area contributed by atoms with E-state index in [0.29, 0.717) is 30.8 Å². The lowest BCUT2D eigenvalue weighted by molar-refractivity contribution is 0.0939. The van der Waals surface area contributed by atoms with Gasteiger partial charge in [-0.25, -0.2) is 12.8 Å². The topological polar surface area (TPSA) is 87.7 Å². The number of methoxy groups -OCH3 is 1. The van der Waals surface area contributed by atoms with Crippen LogP contribution in [-0.4, -0.2) is 44.7 Å². The fourth-order valence-electron chi connectivity index (χ4n) is 3.88. The van der Waals surface area contributed by atoms with Crippen LogP contribution in [0.1, 0.15) is 21.5 Å². The van der Waals surface area contributed by atoms with Gasteiger partial charge in [-0.1, -0.05) is 42.5 Å². The lowest BCUT2D eigenvalue weighted by Gasteiger charge is -2.38. The van der Waals surface area contributed by atoms with E-state index >= 15 is 0 Å². The minimum absolute atomic E-state index is 0.227. The number of amides is 1. The molecule has 3 aromatic rings. The molecule has 0 aliphatic carbocycles. The van der Waals surface area contributed by atoms with Crippen molar-refractivity contribution in [2.75, 3.05) is 20.2 Å². The summed E-state index contributed by atoms with van der Waals surface area (Å²) in [6, 6.07) is 19.9. The van der Waals surface area contributed by atoms with Crippen LogP contribution in [0, 0.1) is 12.7 Å². The number of halogens is 1. The summed E-state index contributed by atoms with van der Waals surface area (Å²) in [5, 5.41) is -0.680. The normalized spacial score (nSPS) is 14.4. The number of carbonyl (C=O) groups is 1. The zero-order valence-corrected chi connectivity index (χ0v) is 19.7. The highest BCUT2D eigenvalue weighted by molar-refractivity contribution is 7.90. The van der Waals surface area contributed by atoms with Crippen LogP contribution in [0.5, 0.6) is 5.75 Å². The molecule has 0 bridgehead atoms. The van der Waals surface area contributed by atoms with E-state index in [0.717, 1.165) is 16.9 Å². The molecule has 4 rings (SSSR count). The zero-order chi connectivity index (χ0) is 24.3. The summed E-state index contributed by atoms with van der Waals surface area (Å²) in [5.41, 5.74) is 4.73. The second-order valence-electron chi connectivity index (χ2n) is 8.29. The summed E-state index contributed by atoms with van der Waals surface area (Å²) in [7, 11) is -2.23. The second kappa shape index (κ2) is 9.92. The van der Waals surface area contributed by atoms with Crippen LogP contribution in [0.4, 0.5) is 4.39 Å². The van der Waals surface area contributed by atoms with Crippen LogP contribution >= 0.6 is 0 Å². The molecule has 1 aliphatic rings. The van der Waals surface area contributed by atoms with Crippen LogP contribution in [0.15, 0.2) is 66.7 Å². The molecule has 1 fully saturated rings. The highest BCUT2D eigenvalue weighted by Crippen LogP contribution is 2.25. The van der Waals surface area contributed by atoms with Gasteiger partial charge in [0.2, 0.25) is 10.0 Å². The summed E-state index contributed by atoms with van der Waals surface area (Å²) in [6.45, 7) is 2.79. The highest BCUT2D eigenvalue weighted by Gasteiger charge is 2.37. The van der Waals surface area contributed by atoms with Gasteiger partial charge in [-0.3, -0.25) is 15.1 Å². The number of benzene rings is 3. The van der Waals surface area contributed by atoms with E-state index in [1.165, 1.54) is 6.07 Å². The number of hydrogen-bond donors (Lipinski definition) is 2. The number of likely N-dealkylation sites (tertiary alicyclic amines) is 1. The van der Waals surface area contributed by atoms with E-state index in [1.807, 2.05) is 59.5 Å². The first-order valence-corrected chi connectivity index (χ1v) is 12.3. The van der Waals surface area contributed by atoms with Crippen molar-refractivity contribution in [1.29, 1.82) is 0 Å². The first kappa shape index (κ1) is 23.9. The fraction of sp³-hybridized carbons (Fsp3) is 0.240. The Morgan fingerprint density at radius 1 is 1.06 bits per heavy atom. The predicted molar refractivity (Wildman–Crippen MR) is 128 cm³/mol. The van der Waals surface area contributed by atoms with Crippen molar-refractivity contribution >= 4 is 15.9 Å². The number of aryl methyl sites for hydroxylation is 1. The minimum atomic E-state index is -3.82. The predicted octanol–water partition coefficient (Wildman–Crippen LogP) is 3.26. The largest absolute Gasteiger partial charge is 0.497 e. The Bertz CT molecular complexity index is 1290. The quantitative estimate of drug-likeness (QED) is 0.481. The summed E-state index contributed by atoms with van der Waals surface area (Å²) in [6.07, 6.45) is 0. The Hall–Kier alpha value is -3.27. The number of rotatable bonds is 8. The molecule has 1 heterocycles. The Kier molecular flexibility index (Phi) is 6.97. The molecular weight excluding hydrogens is 457 g/mol. The van der Waals surface area contributed by atoms with Gasteiger partial charge in [0.1, 0.15) is 16.8 Å². The maximum atomic E-state index is 14.7. The number of sulfonamides is 1. The lowest BCUT2D eigenvalue weighted by Crippen LogP contribution is -2.59. The van der Waals surface area contributed by atoms with Crippen LogP contribution in [-0.2, 0) is 16.6 Å². The van der Waals surface area contributed by atoms with Crippen molar-refractivity contribution in [3.8, 4) is 16.9 Å². The molecule has 3 aromatic carbocycles. The fourth-order valence-corrected chi connectivity index (χ4v) is 5.09. The summed E-state index contributed by atoms with van der Waals surface area (Å²) in [5.74, 6) is -0.801. The van der Waals surface area contributed by atoms with Gasteiger partial charge in [0.25, 0.3) is 5.91 Å². The summed E-state index contributed by atoms with van der Waals surface area (Å²) >= 11 is 0. The third-order valence-electron chi connectivity index (χ3n) is 5.82. The Morgan fingerprint density at radius 2 is 1.79 bits per heavy atom. The molecule has 1 aliphatic heterocycles. The lowest BCUT2D eigenvalue weighted by atomic mass is 9.99. The Balaban J connectivity index is 1.37. The highest BCUT2D eigenvalue weighted by atomic mass is 32.2. The molecule has 9 heteroatoms. The zero-order valence-electron chi connectivity index (χ0n) is 18.9. The molecule has 7 nitrogen and oxygen atoms in total. The average molecular weight is 484 g/mol. The third-order valence-corrected chi connectivity index (χ3v) is 7.38. The monoisotopic (exact) mass is 483 g/mol. The van der Waals surface area contributed by atoms with Gasteiger partial charge in [0, 0.05) is 19.6 Å². The van der Waals surface area contributed by atoms with Crippen molar-refractivity contribution in [3.63, 3.8) is 0 Å². The van der Waals surface area contributed by atoms with E-state index in [1.54, 1.807) is 20.1 Å². The first-order valence-electron chi connectivity index (χ1n) is 10.8. The number of hydrazine groups is 1. The van der Waals surface area contributed by atoms with E-state index in [9.17, 15) is 17.6 Å². The molecule has 1 amide bonds. The second-order valence-corrected chi connectivity index (χ2v) is 10.3. The SMILES string of the molecule is COc1cccc(CN2CC(S(=O)(=O)NNC(=O)c3cc(-c4ccccc4)cc(C)c3F)C2)c1. The van der Waals surface area contributed by atoms with E-state index in [4.69, 9.17) is 4.74 Å². The molecule has 0 unspecified atom stereocenters. The minimum Gasteiger partial charge on any atom is -0.497 e. The molecule has 0 spiro atoms. The van der Waals surface area contributed by atoms with Crippen molar-refractivity contribution < 1.29 is 22.3 Å². The molecule has 0 radical (unpaired) electrons. The molecule has 178 valence electrons. The van der Waals surface area contributed by atoms with Gasteiger partial charge < -0.3 is 4.74 Å². The van der Waals surface area contributed by atoms with Crippen molar-refractivity contribution in [2.24, 2.45) is 0 Å². The van der Waals surface area contributed by atoms with Gasteiger partial charge in [0.15, 0.2) is 0 Å². The van der Waals surface area contributed by atoms with Crippen molar-refractivity contribution in [1.82, 2.24) is 15.2 Å². The Labute approximate surface area is 198 Å². The number of nitrogens with one attached hydrogen (secondary N) is 2. The van der Waals surface area contributed by atoms with E-state index < -0.39 is 27.0 Å². The Morgan fingerprint density at radius 3 is 2.50 bits per heavy atom. The number of carbonyl (C=O) groups excluding carboxylic acids is 1. The van der Waals surface area contributed by atoms with E-state index in [-0.39, 0.29) is 5.56 Å². The van der Waals surface area contributed by atoms with Crippen LogP contribution in [0.2, 0.25) is 0 Å². The van der Waals surface area contributed by atoms with Crippen LogP contribution in [0.3, 0.4) is 0 Å². The van der Waals surface area contributed by atoms with Crippen LogP contribution < -0.4 is 15.0 Å². The van der Waals surface area contributed by atoms with Gasteiger partial charge in [0.05, 0.1) is 12.7 Å². The summed E-state index contributed by atoms with van der Waals surface area (Å²) in [4.78, 5) is 16.7. The maximum absolute atomic E-state index is 14.7. The number of ether oxygens (including phenoxy) is 1. The van der Waals surface area contributed by atoms with Crippen molar-refractivity contribution in [2.45, 2.75) is 18.7 Å². The van der Waals surface area contributed by atoms with Crippen LogP contribution in [0.25, 0.3) is 11.1 Å². The maximum Gasteiger partial charge on any atom is 0.269 e. The third kappa shape index (κ3) is 5.27. The van der Waals surface area contributed by atoms with Gasteiger partial charge >= 0.3 is 0 Å². The van der Waals surface area contributed by atoms with Gasteiger partial charge in [-0.15, -0.1) is 4.83 Å². The molecule has 34 heavy (non-hydrogen) atoms. The van der Waals surface area contributed by atoms with E-state index in [2.05, 4.69) is 10.3 Å². The summed E-state index contributed by atoms with van der Waals surface area (Å²) < 4.78 is 45.1. The molecule has 2 N–H and O–H groups in total. The molecule has 0 atom stereocenters. The molecule has 0 aromatic heterocycles. The standard InChI is InChI=1S/C25H26FN3O4S/c1-17-11-20(19-8-4-3-5-9-19)13-23(24(17)26)25(30)27-28-34(31,32)22-15-29(16-22)14-18-7-6-10-21(12-18)33-2/h3-13,22,28H,14-16H2,1-2H3,(H,27,30). The molecular formula is C25H26FN3O4S. The molecule has 1 saturated heterocycles. The number of nitrogens with zero attached hydrogens (tertiary/aromatic N) is 1. The first-order chi connectivity index (χ1) is 16.3. The van der Waals surface area contributed by atoms with Gasteiger partial charge in [-0.05, 0) is 53.4 Å². The average Bonchev–Trinajstić information content (AvgIpc) is 2.81. The molecule has 0 saturated carbocycles. The smallest absolute Gasteiger partial charge is 0.269 e. The number of hydrogen-bond acceptors (Lipinski definition) is 5. The van der Waals surface area contributed by atoms with Gasteiger partial charge in [-0.2, -0.15) is 0 Å².